The van der Waals surface area contributed by atoms with Crippen molar-refractivity contribution in [1.29, 1.82) is 0 Å². The van der Waals surface area contributed by atoms with Crippen molar-refractivity contribution in [3.05, 3.63) is 64.7 Å². The SMILES string of the molecule is CC(C)c1cccc(C(C)C)c1NC(=O)CCCNC(=O)c1ccc(F)cc1F. The third-order valence-corrected chi connectivity index (χ3v) is 4.68. The van der Waals surface area contributed by atoms with Gasteiger partial charge in [-0.05, 0) is 41.5 Å². The molecule has 6 heteroatoms. The van der Waals surface area contributed by atoms with Crippen LogP contribution >= 0.6 is 0 Å². The van der Waals surface area contributed by atoms with Gasteiger partial charge in [0.2, 0.25) is 5.91 Å². The molecule has 2 aromatic carbocycles. The summed E-state index contributed by atoms with van der Waals surface area (Å²) in [5.41, 5.74) is 2.82. The largest absolute Gasteiger partial charge is 0.352 e. The van der Waals surface area contributed by atoms with Gasteiger partial charge in [0.05, 0.1) is 5.56 Å². The van der Waals surface area contributed by atoms with E-state index in [1.807, 2.05) is 18.2 Å². The second-order valence-electron chi connectivity index (χ2n) is 7.65. The van der Waals surface area contributed by atoms with Gasteiger partial charge >= 0.3 is 0 Å². The summed E-state index contributed by atoms with van der Waals surface area (Å²) in [6.45, 7) is 8.54. The molecule has 0 aliphatic carbocycles. The van der Waals surface area contributed by atoms with E-state index in [-0.39, 0.29) is 36.3 Å². The Labute approximate surface area is 170 Å². The fraction of sp³-hybridized carbons (Fsp3) is 0.391. The predicted octanol–water partition coefficient (Wildman–Crippen LogP) is 5.36. The van der Waals surface area contributed by atoms with Gasteiger partial charge in [-0.1, -0.05) is 45.9 Å². The fourth-order valence-electron chi connectivity index (χ4n) is 3.12. The van der Waals surface area contributed by atoms with Crippen LogP contribution in [-0.4, -0.2) is 18.4 Å². The fourth-order valence-corrected chi connectivity index (χ4v) is 3.12. The highest BCUT2D eigenvalue weighted by Gasteiger charge is 2.16. The van der Waals surface area contributed by atoms with Crippen LogP contribution < -0.4 is 10.6 Å². The summed E-state index contributed by atoms with van der Waals surface area (Å²) in [4.78, 5) is 24.4. The molecule has 4 nitrogen and oxygen atoms in total. The molecule has 2 amide bonds. The van der Waals surface area contributed by atoms with Crippen molar-refractivity contribution >= 4 is 17.5 Å². The van der Waals surface area contributed by atoms with Gasteiger partial charge in [0, 0.05) is 24.7 Å². The van der Waals surface area contributed by atoms with Crippen LogP contribution in [-0.2, 0) is 4.79 Å². The summed E-state index contributed by atoms with van der Waals surface area (Å²) in [5, 5.41) is 5.58. The van der Waals surface area contributed by atoms with Gasteiger partial charge in [0.25, 0.3) is 5.91 Å². The monoisotopic (exact) mass is 402 g/mol. The molecular weight excluding hydrogens is 374 g/mol. The van der Waals surface area contributed by atoms with Crippen molar-refractivity contribution in [2.75, 3.05) is 11.9 Å². The predicted molar refractivity (Wildman–Crippen MR) is 111 cm³/mol. The number of amides is 2. The smallest absolute Gasteiger partial charge is 0.254 e. The van der Waals surface area contributed by atoms with Crippen LogP contribution in [0.3, 0.4) is 0 Å². The number of carbonyl (C=O) groups excluding carboxylic acids is 2. The van der Waals surface area contributed by atoms with E-state index < -0.39 is 17.5 Å². The third-order valence-electron chi connectivity index (χ3n) is 4.68. The van der Waals surface area contributed by atoms with E-state index in [1.165, 1.54) is 0 Å². The number of nitrogens with one attached hydrogen (secondary N) is 2. The molecule has 2 N–H and O–H groups in total. The van der Waals surface area contributed by atoms with Gasteiger partial charge in [-0.3, -0.25) is 9.59 Å². The quantitative estimate of drug-likeness (QED) is 0.584. The molecule has 0 aromatic heterocycles. The van der Waals surface area contributed by atoms with Crippen LogP contribution in [0.4, 0.5) is 14.5 Å². The summed E-state index contributed by atoms with van der Waals surface area (Å²) in [6, 6.07) is 8.84. The Morgan fingerprint density at radius 3 is 2.14 bits per heavy atom. The minimum Gasteiger partial charge on any atom is -0.352 e. The molecule has 0 aliphatic rings. The molecule has 0 aliphatic heterocycles. The van der Waals surface area contributed by atoms with Gasteiger partial charge in [-0.15, -0.1) is 0 Å². The lowest BCUT2D eigenvalue weighted by molar-refractivity contribution is -0.116. The van der Waals surface area contributed by atoms with Gasteiger partial charge in [-0.2, -0.15) is 0 Å². The Morgan fingerprint density at radius 2 is 1.59 bits per heavy atom. The zero-order chi connectivity index (χ0) is 21.6. The first-order valence-electron chi connectivity index (χ1n) is 9.86. The number of hydrogen-bond donors (Lipinski definition) is 2. The lowest BCUT2D eigenvalue weighted by atomic mass is 9.92. The lowest BCUT2D eigenvalue weighted by Crippen LogP contribution is -2.26. The number of hydrogen-bond acceptors (Lipinski definition) is 2. The molecule has 0 bridgehead atoms. The Bertz CT molecular complexity index is 853. The zero-order valence-electron chi connectivity index (χ0n) is 17.3. The number of halogens is 2. The molecular formula is C23H28F2N2O2. The zero-order valence-corrected chi connectivity index (χ0v) is 17.3. The molecule has 0 radical (unpaired) electrons. The second-order valence-corrected chi connectivity index (χ2v) is 7.65. The maximum Gasteiger partial charge on any atom is 0.254 e. The third kappa shape index (κ3) is 6.11. The minimum absolute atomic E-state index is 0.137. The number of benzene rings is 2. The highest BCUT2D eigenvalue weighted by molar-refractivity contribution is 5.94. The van der Waals surface area contributed by atoms with Crippen molar-refractivity contribution in [3.63, 3.8) is 0 Å². The van der Waals surface area contributed by atoms with Crippen LogP contribution in [0.1, 0.15) is 73.9 Å². The van der Waals surface area contributed by atoms with E-state index in [0.717, 1.165) is 28.9 Å². The van der Waals surface area contributed by atoms with E-state index in [9.17, 15) is 18.4 Å². The van der Waals surface area contributed by atoms with Gasteiger partial charge < -0.3 is 10.6 Å². The number of carbonyl (C=O) groups is 2. The topological polar surface area (TPSA) is 58.2 Å². The highest BCUT2D eigenvalue weighted by Crippen LogP contribution is 2.32. The first-order valence-corrected chi connectivity index (χ1v) is 9.86. The summed E-state index contributed by atoms with van der Waals surface area (Å²) in [6.07, 6.45) is 0.622. The van der Waals surface area contributed by atoms with Gasteiger partial charge in [0.1, 0.15) is 11.6 Å². The maximum absolute atomic E-state index is 13.6. The molecule has 0 spiro atoms. The Balaban J connectivity index is 1.91. The molecule has 0 saturated carbocycles. The van der Waals surface area contributed by atoms with Crippen molar-refractivity contribution in [3.8, 4) is 0 Å². The van der Waals surface area contributed by atoms with Crippen molar-refractivity contribution in [2.45, 2.75) is 52.4 Å². The van der Waals surface area contributed by atoms with Crippen LogP contribution in [0, 0.1) is 11.6 Å². The van der Waals surface area contributed by atoms with Crippen molar-refractivity contribution < 1.29 is 18.4 Å². The Hall–Kier alpha value is -2.76. The number of rotatable bonds is 8. The molecule has 29 heavy (non-hydrogen) atoms. The number of para-hydroxylation sites is 1. The lowest BCUT2D eigenvalue weighted by Gasteiger charge is -2.20. The van der Waals surface area contributed by atoms with Crippen molar-refractivity contribution in [1.82, 2.24) is 5.32 Å². The van der Waals surface area contributed by atoms with E-state index in [0.29, 0.717) is 12.5 Å². The van der Waals surface area contributed by atoms with Gasteiger partial charge in [-0.25, -0.2) is 8.78 Å². The van der Waals surface area contributed by atoms with E-state index in [2.05, 4.69) is 38.3 Å². The summed E-state index contributed by atoms with van der Waals surface area (Å²) >= 11 is 0. The molecule has 0 fully saturated rings. The van der Waals surface area contributed by atoms with Crippen molar-refractivity contribution in [2.24, 2.45) is 0 Å². The van der Waals surface area contributed by atoms with E-state index >= 15 is 0 Å². The van der Waals surface area contributed by atoms with Crippen LogP contribution in [0.5, 0.6) is 0 Å². The summed E-state index contributed by atoms with van der Waals surface area (Å²) < 4.78 is 26.5. The second kappa shape index (κ2) is 10.1. The van der Waals surface area contributed by atoms with E-state index in [1.54, 1.807) is 0 Å². The molecule has 156 valence electrons. The maximum atomic E-state index is 13.6. The first-order chi connectivity index (χ1) is 13.7. The van der Waals surface area contributed by atoms with Crippen LogP contribution in [0.2, 0.25) is 0 Å². The normalized spacial score (nSPS) is 11.0. The molecule has 0 saturated heterocycles. The average molecular weight is 402 g/mol. The molecule has 2 rings (SSSR count). The number of anilines is 1. The van der Waals surface area contributed by atoms with Crippen LogP contribution in [0.15, 0.2) is 36.4 Å². The Kier molecular flexibility index (Phi) is 7.88. The standard InChI is InChI=1S/C23H28F2N2O2/c1-14(2)17-7-5-8-18(15(3)4)22(17)27-21(28)9-6-12-26-23(29)19-11-10-16(24)13-20(19)25/h5,7-8,10-11,13-15H,6,9,12H2,1-4H3,(H,26,29)(H,27,28). The minimum atomic E-state index is -0.910. The molecule has 0 atom stereocenters. The molecule has 0 heterocycles. The molecule has 0 unspecified atom stereocenters. The average Bonchev–Trinajstić information content (AvgIpc) is 2.64. The first kappa shape index (κ1) is 22.5. The summed E-state index contributed by atoms with van der Waals surface area (Å²) in [7, 11) is 0. The molecule has 2 aromatic rings. The van der Waals surface area contributed by atoms with Gasteiger partial charge in [0.15, 0.2) is 0 Å². The highest BCUT2D eigenvalue weighted by atomic mass is 19.1. The van der Waals surface area contributed by atoms with Crippen LogP contribution in [0.25, 0.3) is 0 Å². The van der Waals surface area contributed by atoms with E-state index in [4.69, 9.17) is 0 Å². The Morgan fingerprint density at radius 1 is 0.966 bits per heavy atom. The summed E-state index contributed by atoms with van der Waals surface area (Å²) in [5.74, 6) is -1.87.